The minimum atomic E-state index is -0.798. The van der Waals surface area contributed by atoms with E-state index in [1.807, 2.05) is 6.26 Å². The Hall–Kier alpha value is -0.750. The van der Waals surface area contributed by atoms with Gasteiger partial charge in [-0.1, -0.05) is 6.92 Å². The number of nitrogens with one attached hydrogen (secondary N) is 1. The summed E-state index contributed by atoms with van der Waals surface area (Å²) < 4.78 is 0. The van der Waals surface area contributed by atoms with E-state index in [9.17, 15) is 9.59 Å². The largest absolute Gasteiger partial charge is 0.481 e. The minimum absolute atomic E-state index is 0.151. The van der Waals surface area contributed by atoms with E-state index in [0.29, 0.717) is 25.8 Å². The van der Waals surface area contributed by atoms with E-state index in [2.05, 4.69) is 5.32 Å². The molecule has 0 aromatic rings. The van der Waals surface area contributed by atoms with Gasteiger partial charge >= 0.3 is 5.97 Å². The molecule has 2 atom stereocenters. The van der Waals surface area contributed by atoms with E-state index in [1.54, 1.807) is 18.7 Å². The van der Waals surface area contributed by atoms with Gasteiger partial charge in [0.15, 0.2) is 0 Å². The second-order valence-electron chi connectivity index (χ2n) is 4.06. The van der Waals surface area contributed by atoms with Gasteiger partial charge in [-0.3, -0.25) is 9.59 Å². The van der Waals surface area contributed by atoms with E-state index in [4.69, 9.17) is 10.8 Å². The summed E-state index contributed by atoms with van der Waals surface area (Å²) in [6.45, 7) is 2.15. The summed E-state index contributed by atoms with van der Waals surface area (Å²) >= 11 is 1.66. The van der Waals surface area contributed by atoms with E-state index >= 15 is 0 Å². The van der Waals surface area contributed by atoms with Gasteiger partial charge < -0.3 is 16.2 Å². The average molecular weight is 262 g/mol. The van der Waals surface area contributed by atoms with Crippen molar-refractivity contribution in [3.05, 3.63) is 0 Å². The van der Waals surface area contributed by atoms with E-state index in [0.717, 1.165) is 5.75 Å². The molecule has 0 heterocycles. The highest BCUT2D eigenvalue weighted by Gasteiger charge is 2.13. The smallest absolute Gasteiger partial charge is 0.306 e. The van der Waals surface area contributed by atoms with Gasteiger partial charge in [0.25, 0.3) is 0 Å². The summed E-state index contributed by atoms with van der Waals surface area (Å²) in [4.78, 5) is 22.0. The molecule has 0 fully saturated rings. The maximum absolute atomic E-state index is 11.5. The second kappa shape index (κ2) is 9.30. The van der Waals surface area contributed by atoms with Crippen molar-refractivity contribution in [3.8, 4) is 0 Å². The zero-order chi connectivity index (χ0) is 13.3. The lowest BCUT2D eigenvalue weighted by Crippen LogP contribution is -2.41. The van der Waals surface area contributed by atoms with Crippen LogP contribution in [0.5, 0.6) is 0 Å². The number of thioether (sulfide) groups is 1. The molecule has 0 aromatic heterocycles. The molecule has 6 heteroatoms. The summed E-state index contributed by atoms with van der Waals surface area (Å²) in [6.07, 6.45) is 3.86. The van der Waals surface area contributed by atoms with Crippen molar-refractivity contribution in [2.75, 3.05) is 18.6 Å². The number of rotatable bonds is 9. The van der Waals surface area contributed by atoms with Crippen LogP contribution in [-0.4, -0.2) is 41.6 Å². The number of carboxylic acid groups (broad SMARTS) is 1. The molecule has 0 aliphatic heterocycles. The first kappa shape index (κ1) is 16.2. The number of nitrogens with two attached hydrogens (primary N) is 1. The maximum atomic E-state index is 11.5. The molecular weight excluding hydrogens is 240 g/mol. The number of amides is 1. The van der Waals surface area contributed by atoms with Gasteiger partial charge in [0, 0.05) is 6.54 Å². The van der Waals surface area contributed by atoms with Crippen LogP contribution < -0.4 is 11.1 Å². The molecule has 0 aliphatic carbocycles. The first-order valence-electron chi connectivity index (χ1n) is 5.74. The minimum Gasteiger partial charge on any atom is -0.481 e. The summed E-state index contributed by atoms with van der Waals surface area (Å²) in [5.74, 6) is -0.447. The molecular formula is C11H22N2O3S. The van der Waals surface area contributed by atoms with Crippen LogP contribution in [0.2, 0.25) is 0 Å². The number of aliphatic carboxylic acids is 1. The average Bonchev–Trinajstić information content (AvgIpc) is 2.30. The Morgan fingerprint density at radius 2 is 2.06 bits per heavy atom. The molecule has 0 spiro atoms. The van der Waals surface area contributed by atoms with Crippen LogP contribution in [0.15, 0.2) is 0 Å². The first-order valence-corrected chi connectivity index (χ1v) is 7.13. The molecule has 17 heavy (non-hydrogen) atoms. The van der Waals surface area contributed by atoms with Crippen molar-refractivity contribution >= 4 is 23.6 Å². The number of hydrogen-bond acceptors (Lipinski definition) is 4. The Morgan fingerprint density at radius 3 is 2.59 bits per heavy atom. The van der Waals surface area contributed by atoms with Gasteiger partial charge in [-0.2, -0.15) is 11.8 Å². The van der Waals surface area contributed by atoms with Crippen LogP contribution in [-0.2, 0) is 9.59 Å². The van der Waals surface area contributed by atoms with E-state index in [1.165, 1.54) is 0 Å². The Morgan fingerprint density at radius 1 is 1.41 bits per heavy atom. The molecule has 100 valence electrons. The van der Waals surface area contributed by atoms with Crippen LogP contribution in [0, 0.1) is 5.92 Å². The highest BCUT2D eigenvalue weighted by molar-refractivity contribution is 7.98. The predicted molar refractivity (Wildman–Crippen MR) is 70.0 cm³/mol. The highest BCUT2D eigenvalue weighted by atomic mass is 32.2. The SMILES string of the molecule is CSCC[C@@H](N)C(=O)NCCCC(C)C(=O)O. The fourth-order valence-electron chi connectivity index (χ4n) is 1.25. The molecule has 0 saturated heterocycles. The topological polar surface area (TPSA) is 92.4 Å². The fraction of sp³-hybridized carbons (Fsp3) is 0.818. The van der Waals surface area contributed by atoms with Crippen LogP contribution in [0.1, 0.15) is 26.2 Å². The maximum Gasteiger partial charge on any atom is 0.306 e. The molecule has 0 rings (SSSR count). The molecule has 5 nitrogen and oxygen atoms in total. The van der Waals surface area contributed by atoms with Crippen molar-refractivity contribution in [2.45, 2.75) is 32.2 Å². The molecule has 0 saturated carbocycles. The predicted octanol–water partition coefficient (Wildman–Crippen LogP) is 0.684. The summed E-state index contributed by atoms with van der Waals surface area (Å²) in [5, 5.41) is 11.4. The zero-order valence-electron chi connectivity index (χ0n) is 10.4. The summed E-state index contributed by atoms with van der Waals surface area (Å²) in [5.41, 5.74) is 5.67. The highest BCUT2D eigenvalue weighted by Crippen LogP contribution is 2.04. The van der Waals surface area contributed by atoms with Gasteiger partial charge in [-0.25, -0.2) is 0 Å². The molecule has 0 bridgehead atoms. The second-order valence-corrected chi connectivity index (χ2v) is 5.05. The Balaban J connectivity index is 3.60. The Labute approximate surface area is 107 Å². The third kappa shape index (κ3) is 8.04. The van der Waals surface area contributed by atoms with Crippen LogP contribution in [0.4, 0.5) is 0 Å². The van der Waals surface area contributed by atoms with Gasteiger partial charge in [0.1, 0.15) is 0 Å². The van der Waals surface area contributed by atoms with Gasteiger partial charge in [0.05, 0.1) is 12.0 Å². The standard InChI is InChI=1S/C11H22N2O3S/c1-8(11(15)16)4-3-6-13-10(14)9(12)5-7-17-2/h8-9H,3-7,12H2,1-2H3,(H,13,14)(H,15,16)/t8?,9-/m1/s1. The van der Waals surface area contributed by atoms with Crippen LogP contribution in [0.3, 0.4) is 0 Å². The normalized spacial score (nSPS) is 14.1. The number of hydrogen-bond donors (Lipinski definition) is 3. The van der Waals surface area contributed by atoms with Crippen molar-refractivity contribution < 1.29 is 14.7 Å². The summed E-state index contributed by atoms with van der Waals surface area (Å²) in [7, 11) is 0. The third-order valence-electron chi connectivity index (χ3n) is 2.50. The Kier molecular flexibility index (Phi) is 8.89. The van der Waals surface area contributed by atoms with Crippen LogP contribution in [0.25, 0.3) is 0 Å². The van der Waals surface area contributed by atoms with Crippen molar-refractivity contribution in [2.24, 2.45) is 11.7 Å². The molecule has 0 aliphatic rings. The lowest BCUT2D eigenvalue weighted by atomic mass is 10.1. The number of carbonyl (C=O) groups excluding carboxylic acids is 1. The third-order valence-corrected chi connectivity index (χ3v) is 3.15. The Bertz CT molecular complexity index is 249. The van der Waals surface area contributed by atoms with Crippen molar-refractivity contribution in [3.63, 3.8) is 0 Å². The van der Waals surface area contributed by atoms with Crippen LogP contribution >= 0.6 is 11.8 Å². The fourth-order valence-corrected chi connectivity index (χ4v) is 1.74. The lowest BCUT2D eigenvalue weighted by Gasteiger charge is -2.12. The summed E-state index contributed by atoms with van der Waals surface area (Å²) in [6, 6.07) is -0.459. The van der Waals surface area contributed by atoms with Crippen molar-refractivity contribution in [1.82, 2.24) is 5.32 Å². The van der Waals surface area contributed by atoms with E-state index in [-0.39, 0.29) is 11.8 Å². The lowest BCUT2D eigenvalue weighted by molar-refractivity contribution is -0.141. The monoisotopic (exact) mass is 262 g/mol. The first-order chi connectivity index (χ1) is 7.99. The molecule has 0 aromatic carbocycles. The van der Waals surface area contributed by atoms with Crippen molar-refractivity contribution in [1.29, 1.82) is 0 Å². The number of carboxylic acids is 1. The quantitative estimate of drug-likeness (QED) is 0.531. The van der Waals surface area contributed by atoms with Gasteiger partial charge in [0.2, 0.25) is 5.91 Å². The zero-order valence-corrected chi connectivity index (χ0v) is 11.3. The molecule has 0 radical (unpaired) electrons. The van der Waals surface area contributed by atoms with Gasteiger partial charge in [-0.15, -0.1) is 0 Å². The number of carbonyl (C=O) groups is 2. The van der Waals surface area contributed by atoms with Gasteiger partial charge in [-0.05, 0) is 31.3 Å². The molecule has 1 unspecified atom stereocenters. The molecule has 1 amide bonds. The van der Waals surface area contributed by atoms with E-state index < -0.39 is 12.0 Å². The molecule has 4 N–H and O–H groups in total.